The predicted octanol–water partition coefficient (Wildman–Crippen LogP) is 3.34. The molecule has 28 heavy (non-hydrogen) atoms. The molecule has 0 aliphatic carbocycles. The maximum atomic E-state index is 12.9. The molecule has 0 aliphatic rings. The lowest BCUT2D eigenvalue weighted by molar-refractivity contribution is -0.118. The number of benzene rings is 1. The van der Waals surface area contributed by atoms with Crippen LogP contribution in [0.5, 0.6) is 5.75 Å². The molecule has 2 heterocycles. The van der Waals surface area contributed by atoms with E-state index in [0.717, 1.165) is 21.5 Å². The van der Waals surface area contributed by atoms with E-state index in [1.807, 2.05) is 50.6 Å². The first-order chi connectivity index (χ1) is 13.3. The summed E-state index contributed by atoms with van der Waals surface area (Å²) in [7, 11) is 3.43. The average molecular weight is 401 g/mol. The molecule has 1 aromatic carbocycles. The number of amides is 2. The van der Waals surface area contributed by atoms with Crippen LogP contribution in [0, 0.1) is 12.8 Å². The van der Waals surface area contributed by atoms with Gasteiger partial charge >= 0.3 is 0 Å². The Balaban J connectivity index is 1.81. The molecule has 0 saturated carbocycles. The topological polar surface area (TPSA) is 85.2 Å². The number of methoxy groups -OCH3 is 1. The number of thiazole rings is 1. The van der Waals surface area contributed by atoms with Crippen molar-refractivity contribution in [3.8, 4) is 5.75 Å². The third-order valence-corrected chi connectivity index (χ3v) is 5.40. The second-order valence-corrected chi connectivity index (χ2v) is 8.21. The minimum absolute atomic E-state index is 0.0835. The molecular weight excluding hydrogens is 376 g/mol. The van der Waals surface area contributed by atoms with Crippen molar-refractivity contribution in [2.45, 2.75) is 26.8 Å². The van der Waals surface area contributed by atoms with Crippen LogP contribution in [0.2, 0.25) is 0 Å². The lowest BCUT2D eigenvalue weighted by atomic mass is 10.0. The maximum absolute atomic E-state index is 12.9. The Morgan fingerprint density at radius 2 is 2.00 bits per heavy atom. The van der Waals surface area contributed by atoms with Crippen molar-refractivity contribution in [3.63, 3.8) is 0 Å². The van der Waals surface area contributed by atoms with Crippen LogP contribution < -0.4 is 15.4 Å². The molecule has 0 aliphatic heterocycles. The van der Waals surface area contributed by atoms with Gasteiger partial charge in [0.2, 0.25) is 5.91 Å². The third-order valence-electron chi connectivity index (χ3n) is 4.57. The zero-order chi connectivity index (χ0) is 20.4. The van der Waals surface area contributed by atoms with Crippen molar-refractivity contribution in [2.24, 2.45) is 13.0 Å². The summed E-state index contributed by atoms with van der Waals surface area (Å²) in [6.45, 7) is 5.71. The molecule has 0 fully saturated rings. The summed E-state index contributed by atoms with van der Waals surface area (Å²) in [6, 6.07) is 6.76. The Morgan fingerprint density at radius 3 is 2.61 bits per heavy atom. The molecule has 3 rings (SSSR count). The van der Waals surface area contributed by atoms with Gasteiger partial charge in [0.05, 0.1) is 7.11 Å². The Kier molecular flexibility index (Phi) is 5.69. The van der Waals surface area contributed by atoms with Gasteiger partial charge in [-0.25, -0.2) is 4.98 Å². The highest BCUT2D eigenvalue weighted by atomic mass is 32.1. The quantitative estimate of drug-likeness (QED) is 0.665. The van der Waals surface area contributed by atoms with Crippen LogP contribution in [0.25, 0.3) is 10.9 Å². The fourth-order valence-electron chi connectivity index (χ4n) is 3.02. The average Bonchev–Trinajstić information content (AvgIpc) is 3.21. The summed E-state index contributed by atoms with van der Waals surface area (Å²) in [5.41, 5.74) is 1.39. The molecule has 2 aromatic heterocycles. The van der Waals surface area contributed by atoms with Crippen LogP contribution >= 0.6 is 11.3 Å². The van der Waals surface area contributed by atoms with E-state index >= 15 is 0 Å². The van der Waals surface area contributed by atoms with E-state index in [-0.39, 0.29) is 17.7 Å². The number of carbonyl (C=O) groups excluding carboxylic acids is 2. The van der Waals surface area contributed by atoms with E-state index in [9.17, 15) is 9.59 Å². The minimum Gasteiger partial charge on any atom is -0.497 e. The van der Waals surface area contributed by atoms with E-state index in [4.69, 9.17) is 4.74 Å². The van der Waals surface area contributed by atoms with Gasteiger partial charge in [0.25, 0.3) is 5.91 Å². The highest BCUT2D eigenvalue weighted by Gasteiger charge is 2.26. The minimum atomic E-state index is -0.677. The molecule has 0 bridgehead atoms. The standard InChI is InChI=1S/C20H24N4O3S/c1-11(2)17(19(26)23-20-21-10-12(3)28-20)22-18(25)16-9-13-8-14(27-5)6-7-15(13)24(16)4/h6-11,17H,1-5H3,(H,22,25)(H,21,23,26)/t17-/m1/s1. The number of aryl methyl sites for hydroxylation is 2. The molecule has 148 valence electrons. The lowest BCUT2D eigenvalue weighted by Gasteiger charge is -2.21. The zero-order valence-electron chi connectivity index (χ0n) is 16.6. The van der Waals surface area contributed by atoms with Gasteiger partial charge in [-0.1, -0.05) is 13.8 Å². The molecular formula is C20H24N4O3S. The smallest absolute Gasteiger partial charge is 0.268 e. The van der Waals surface area contributed by atoms with Gasteiger partial charge in [0, 0.05) is 29.0 Å². The zero-order valence-corrected chi connectivity index (χ0v) is 17.4. The number of rotatable bonds is 6. The fourth-order valence-corrected chi connectivity index (χ4v) is 3.69. The number of aromatic nitrogens is 2. The first kappa shape index (κ1) is 19.9. The maximum Gasteiger partial charge on any atom is 0.268 e. The summed E-state index contributed by atoms with van der Waals surface area (Å²) < 4.78 is 7.06. The van der Waals surface area contributed by atoms with Crippen LogP contribution in [-0.2, 0) is 11.8 Å². The van der Waals surface area contributed by atoms with E-state index in [0.29, 0.717) is 10.8 Å². The second kappa shape index (κ2) is 8.02. The number of hydrogen-bond donors (Lipinski definition) is 2. The van der Waals surface area contributed by atoms with Gasteiger partial charge in [0.1, 0.15) is 17.5 Å². The van der Waals surface area contributed by atoms with Gasteiger partial charge in [0.15, 0.2) is 5.13 Å². The molecule has 1 atom stereocenters. The molecule has 3 aromatic rings. The number of nitrogens with zero attached hydrogens (tertiary/aromatic N) is 2. The number of hydrogen-bond acceptors (Lipinski definition) is 5. The van der Waals surface area contributed by atoms with Crippen molar-refractivity contribution < 1.29 is 14.3 Å². The number of ether oxygens (including phenoxy) is 1. The van der Waals surface area contributed by atoms with Crippen LogP contribution in [0.4, 0.5) is 5.13 Å². The lowest BCUT2D eigenvalue weighted by Crippen LogP contribution is -2.47. The van der Waals surface area contributed by atoms with Crippen LogP contribution in [0.15, 0.2) is 30.5 Å². The molecule has 2 amide bonds. The molecule has 0 saturated heterocycles. The monoisotopic (exact) mass is 400 g/mol. The van der Waals surface area contributed by atoms with Gasteiger partial charge in [-0.05, 0) is 37.1 Å². The number of nitrogens with one attached hydrogen (secondary N) is 2. The van der Waals surface area contributed by atoms with Crippen LogP contribution in [0.1, 0.15) is 29.2 Å². The third kappa shape index (κ3) is 4.01. The largest absolute Gasteiger partial charge is 0.497 e. The first-order valence-corrected chi connectivity index (χ1v) is 9.79. The summed E-state index contributed by atoms with van der Waals surface area (Å²) >= 11 is 1.40. The van der Waals surface area contributed by atoms with E-state index in [1.165, 1.54) is 11.3 Å². The molecule has 7 nitrogen and oxygen atoms in total. The molecule has 0 radical (unpaired) electrons. The molecule has 8 heteroatoms. The van der Waals surface area contributed by atoms with E-state index in [1.54, 1.807) is 19.4 Å². The number of carbonyl (C=O) groups is 2. The summed E-state index contributed by atoms with van der Waals surface area (Å²) in [5, 5.41) is 7.08. The van der Waals surface area contributed by atoms with Gasteiger partial charge in [-0.3, -0.25) is 9.59 Å². The highest BCUT2D eigenvalue weighted by Crippen LogP contribution is 2.24. The van der Waals surface area contributed by atoms with Crippen molar-refractivity contribution in [3.05, 3.63) is 41.0 Å². The molecule has 2 N–H and O–H groups in total. The molecule has 0 spiro atoms. The van der Waals surface area contributed by atoms with Gasteiger partial charge in [-0.2, -0.15) is 0 Å². The molecule has 0 unspecified atom stereocenters. The van der Waals surface area contributed by atoms with Crippen molar-refractivity contribution >= 4 is 39.2 Å². The Bertz CT molecular complexity index is 1020. The Hall–Kier alpha value is -2.87. The van der Waals surface area contributed by atoms with E-state index in [2.05, 4.69) is 15.6 Å². The fraction of sp³-hybridized carbons (Fsp3) is 0.350. The Morgan fingerprint density at radius 1 is 1.25 bits per heavy atom. The summed E-state index contributed by atoms with van der Waals surface area (Å²) in [4.78, 5) is 30.8. The normalized spacial score (nSPS) is 12.2. The SMILES string of the molecule is COc1ccc2c(c1)cc(C(=O)N[C@@H](C(=O)Nc1ncc(C)s1)C(C)C)n2C. The van der Waals surface area contributed by atoms with E-state index < -0.39 is 6.04 Å². The summed E-state index contributed by atoms with van der Waals surface area (Å²) in [5.74, 6) is 0.0583. The van der Waals surface area contributed by atoms with Crippen molar-refractivity contribution in [1.29, 1.82) is 0 Å². The first-order valence-electron chi connectivity index (χ1n) is 8.97. The predicted molar refractivity (Wildman–Crippen MR) is 111 cm³/mol. The summed E-state index contributed by atoms with van der Waals surface area (Å²) in [6.07, 6.45) is 1.70. The van der Waals surface area contributed by atoms with Crippen molar-refractivity contribution in [1.82, 2.24) is 14.9 Å². The van der Waals surface area contributed by atoms with Crippen molar-refractivity contribution in [2.75, 3.05) is 12.4 Å². The Labute approximate surface area is 167 Å². The van der Waals surface area contributed by atoms with Crippen LogP contribution in [-0.4, -0.2) is 34.5 Å². The number of fused-ring (bicyclic) bond motifs is 1. The number of anilines is 1. The highest BCUT2D eigenvalue weighted by molar-refractivity contribution is 7.15. The van der Waals surface area contributed by atoms with Gasteiger partial charge < -0.3 is 19.9 Å². The van der Waals surface area contributed by atoms with Gasteiger partial charge in [-0.15, -0.1) is 11.3 Å². The van der Waals surface area contributed by atoms with Crippen LogP contribution in [0.3, 0.4) is 0 Å². The second-order valence-electron chi connectivity index (χ2n) is 6.97.